The Morgan fingerprint density at radius 2 is 1.79 bits per heavy atom. The first-order chi connectivity index (χ1) is 16.1. The van der Waals surface area contributed by atoms with Gasteiger partial charge in [-0.25, -0.2) is 9.37 Å². The summed E-state index contributed by atoms with van der Waals surface area (Å²) in [6.07, 6.45) is 5.05. The van der Waals surface area contributed by atoms with Crippen LogP contribution in [0.2, 0.25) is 0 Å². The van der Waals surface area contributed by atoms with E-state index in [-0.39, 0.29) is 5.82 Å². The van der Waals surface area contributed by atoms with Crippen LogP contribution in [-0.4, -0.2) is 37.1 Å². The number of methoxy groups -OCH3 is 1. The first kappa shape index (κ1) is 20.7. The summed E-state index contributed by atoms with van der Waals surface area (Å²) in [6.45, 7) is 4.72. The first-order valence-electron chi connectivity index (χ1n) is 10.5. The summed E-state index contributed by atoms with van der Waals surface area (Å²) in [6, 6.07) is 12.5. The molecular weight excluding hydrogens is 419 g/mol. The van der Waals surface area contributed by atoms with Gasteiger partial charge in [-0.1, -0.05) is 12.1 Å². The molecule has 33 heavy (non-hydrogen) atoms. The highest BCUT2D eigenvalue weighted by atomic mass is 19.1. The van der Waals surface area contributed by atoms with Crippen LogP contribution in [0.15, 0.2) is 61.2 Å². The van der Waals surface area contributed by atoms with E-state index in [1.54, 1.807) is 38.0 Å². The van der Waals surface area contributed by atoms with Crippen molar-refractivity contribution < 1.29 is 9.13 Å². The minimum atomic E-state index is -0.349. The van der Waals surface area contributed by atoms with E-state index in [1.165, 1.54) is 6.07 Å². The number of benzene rings is 2. The van der Waals surface area contributed by atoms with Crippen LogP contribution in [0.5, 0.6) is 5.75 Å². The van der Waals surface area contributed by atoms with E-state index in [0.29, 0.717) is 22.5 Å². The maximum atomic E-state index is 15.0. The SMILES string of the molecule is CCn1cnc2c(-c3ccc(F)c(-c4ccc(-c5nnccc5C)cc4OC)c3)cnnc21. The van der Waals surface area contributed by atoms with Gasteiger partial charge in [-0.15, -0.1) is 5.10 Å². The standard InChI is InChI=1S/C25H21FN6O/c1-4-32-14-27-24-20(13-29-31-25(24)32)16-6-8-21(26)19(11-16)18-7-5-17(12-22(18)33-3)23-15(2)9-10-28-30-23/h5-14H,4H2,1-3H3. The molecule has 164 valence electrons. The number of aryl methyl sites for hydroxylation is 2. The lowest BCUT2D eigenvalue weighted by Crippen LogP contribution is -1.96. The molecule has 0 bridgehead atoms. The quantitative estimate of drug-likeness (QED) is 0.379. The molecule has 8 heteroatoms. The smallest absolute Gasteiger partial charge is 0.183 e. The molecule has 3 heterocycles. The fraction of sp³-hybridized carbons (Fsp3) is 0.160. The molecule has 0 aliphatic rings. The monoisotopic (exact) mass is 440 g/mol. The molecule has 0 unspecified atom stereocenters. The molecular formula is C25H21FN6O. The van der Waals surface area contributed by atoms with Gasteiger partial charge in [0.2, 0.25) is 0 Å². The van der Waals surface area contributed by atoms with Gasteiger partial charge in [0.05, 0.1) is 25.3 Å². The van der Waals surface area contributed by atoms with Crippen LogP contribution in [0, 0.1) is 12.7 Å². The third-order valence-electron chi connectivity index (χ3n) is 5.71. The van der Waals surface area contributed by atoms with Gasteiger partial charge in [-0.3, -0.25) is 0 Å². The summed E-state index contributed by atoms with van der Waals surface area (Å²) >= 11 is 0. The Balaban J connectivity index is 1.64. The van der Waals surface area contributed by atoms with Crippen molar-refractivity contribution in [3.05, 3.63) is 72.6 Å². The summed E-state index contributed by atoms with van der Waals surface area (Å²) in [5, 5.41) is 16.6. The van der Waals surface area contributed by atoms with Gasteiger partial charge in [0, 0.05) is 35.0 Å². The summed E-state index contributed by atoms with van der Waals surface area (Å²) in [7, 11) is 1.57. The lowest BCUT2D eigenvalue weighted by molar-refractivity contribution is 0.416. The molecule has 3 aromatic heterocycles. The van der Waals surface area contributed by atoms with Gasteiger partial charge >= 0.3 is 0 Å². The van der Waals surface area contributed by atoms with Crippen molar-refractivity contribution in [3.8, 4) is 39.3 Å². The third-order valence-corrected chi connectivity index (χ3v) is 5.71. The van der Waals surface area contributed by atoms with Crippen LogP contribution >= 0.6 is 0 Å². The summed E-state index contributed by atoms with van der Waals surface area (Å²) in [4.78, 5) is 4.51. The van der Waals surface area contributed by atoms with Crippen LogP contribution in [0.3, 0.4) is 0 Å². The Bertz CT molecular complexity index is 1480. The van der Waals surface area contributed by atoms with Gasteiger partial charge in [0.15, 0.2) is 5.65 Å². The van der Waals surface area contributed by atoms with E-state index in [2.05, 4.69) is 25.4 Å². The maximum Gasteiger partial charge on any atom is 0.183 e. The number of hydrogen-bond donors (Lipinski definition) is 0. The zero-order valence-corrected chi connectivity index (χ0v) is 18.5. The van der Waals surface area contributed by atoms with Crippen LogP contribution in [-0.2, 0) is 6.54 Å². The normalized spacial score (nSPS) is 11.2. The zero-order valence-electron chi connectivity index (χ0n) is 18.5. The van der Waals surface area contributed by atoms with Crippen molar-refractivity contribution in [2.24, 2.45) is 0 Å². The van der Waals surface area contributed by atoms with E-state index in [9.17, 15) is 0 Å². The lowest BCUT2D eigenvalue weighted by atomic mass is 9.96. The number of fused-ring (bicyclic) bond motifs is 1. The highest BCUT2D eigenvalue weighted by molar-refractivity contribution is 5.90. The van der Waals surface area contributed by atoms with E-state index < -0.39 is 0 Å². The van der Waals surface area contributed by atoms with Gasteiger partial charge < -0.3 is 9.30 Å². The number of hydrogen-bond acceptors (Lipinski definition) is 6. The van der Waals surface area contributed by atoms with Crippen molar-refractivity contribution in [1.82, 2.24) is 29.9 Å². The highest BCUT2D eigenvalue weighted by Gasteiger charge is 2.17. The molecule has 0 amide bonds. The first-order valence-corrected chi connectivity index (χ1v) is 10.5. The summed E-state index contributed by atoms with van der Waals surface area (Å²) < 4.78 is 22.6. The number of rotatable bonds is 5. The maximum absolute atomic E-state index is 15.0. The molecule has 0 fully saturated rings. The molecule has 0 radical (unpaired) electrons. The predicted molar refractivity (Wildman–Crippen MR) is 124 cm³/mol. The number of ether oxygens (including phenoxy) is 1. The summed E-state index contributed by atoms with van der Waals surface area (Å²) in [5.74, 6) is 0.194. The number of imidazole rings is 1. The van der Waals surface area contributed by atoms with E-state index in [4.69, 9.17) is 4.74 Å². The van der Waals surface area contributed by atoms with Gasteiger partial charge in [-0.2, -0.15) is 15.3 Å². The second-order valence-corrected chi connectivity index (χ2v) is 7.63. The zero-order chi connectivity index (χ0) is 22.9. The van der Waals surface area contributed by atoms with E-state index in [0.717, 1.165) is 40.0 Å². The second kappa shape index (κ2) is 8.38. The Kier molecular flexibility index (Phi) is 5.26. The van der Waals surface area contributed by atoms with Gasteiger partial charge in [0.25, 0.3) is 0 Å². The number of halogens is 1. The fourth-order valence-corrected chi connectivity index (χ4v) is 3.96. The minimum Gasteiger partial charge on any atom is -0.496 e. The Labute approximate surface area is 189 Å². The molecule has 0 atom stereocenters. The van der Waals surface area contributed by atoms with Crippen molar-refractivity contribution in [2.45, 2.75) is 20.4 Å². The Morgan fingerprint density at radius 3 is 2.58 bits per heavy atom. The fourth-order valence-electron chi connectivity index (χ4n) is 3.96. The lowest BCUT2D eigenvalue weighted by Gasteiger charge is -2.13. The third kappa shape index (κ3) is 3.59. The second-order valence-electron chi connectivity index (χ2n) is 7.63. The molecule has 0 spiro atoms. The van der Waals surface area contributed by atoms with Crippen LogP contribution in [0.1, 0.15) is 12.5 Å². The van der Waals surface area contributed by atoms with E-state index >= 15 is 4.39 Å². The Morgan fingerprint density at radius 1 is 0.939 bits per heavy atom. The highest BCUT2D eigenvalue weighted by Crippen LogP contribution is 2.38. The van der Waals surface area contributed by atoms with E-state index in [1.807, 2.05) is 42.7 Å². The molecule has 0 aliphatic carbocycles. The molecule has 0 aliphatic heterocycles. The predicted octanol–water partition coefficient (Wildman–Crippen LogP) is 5.09. The molecule has 0 saturated carbocycles. The summed E-state index contributed by atoms with van der Waals surface area (Å²) in [5.41, 5.74) is 6.67. The molecule has 5 aromatic rings. The van der Waals surface area contributed by atoms with Crippen molar-refractivity contribution in [2.75, 3.05) is 7.11 Å². The van der Waals surface area contributed by atoms with Gasteiger partial charge in [0.1, 0.15) is 17.1 Å². The molecule has 0 saturated heterocycles. The number of aromatic nitrogens is 6. The Hall–Kier alpha value is -4.20. The molecule has 5 rings (SSSR count). The van der Waals surface area contributed by atoms with Crippen LogP contribution < -0.4 is 4.74 Å². The largest absolute Gasteiger partial charge is 0.496 e. The van der Waals surface area contributed by atoms with Crippen molar-refractivity contribution in [1.29, 1.82) is 0 Å². The average molecular weight is 440 g/mol. The topological polar surface area (TPSA) is 78.6 Å². The average Bonchev–Trinajstić information content (AvgIpc) is 3.28. The number of nitrogens with zero attached hydrogens (tertiary/aromatic N) is 6. The van der Waals surface area contributed by atoms with Crippen molar-refractivity contribution in [3.63, 3.8) is 0 Å². The van der Waals surface area contributed by atoms with Crippen LogP contribution in [0.25, 0.3) is 44.7 Å². The van der Waals surface area contributed by atoms with Crippen LogP contribution in [0.4, 0.5) is 4.39 Å². The molecule has 0 N–H and O–H groups in total. The molecule has 7 nitrogen and oxygen atoms in total. The molecule has 2 aromatic carbocycles. The van der Waals surface area contributed by atoms with Crippen molar-refractivity contribution >= 4 is 11.2 Å². The minimum absolute atomic E-state index is 0.349. The van der Waals surface area contributed by atoms with Gasteiger partial charge in [-0.05, 0) is 55.3 Å².